The molecule has 0 spiro atoms. The molecular weight excluding hydrogens is 354 g/mol. The van der Waals surface area contributed by atoms with Crippen LogP contribution in [0.2, 0.25) is 0 Å². The molecule has 3 aromatic rings. The maximum atomic E-state index is 5.64. The molecule has 8 nitrogen and oxygen atoms in total. The second-order valence-electron chi connectivity index (χ2n) is 7.13. The summed E-state index contributed by atoms with van der Waals surface area (Å²) in [6.07, 6.45) is 6.08. The quantitative estimate of drug-likeness (QED) is 0.618. The van der Waals surface area contributed by atoms with Gasteiger partial charge in [0.2, 0.25) is 5.95 Å². The molecule has 0 saturated heterocycles. The van der Waals surface area contributed by atoms with Crippen molar-refractivity contribution in [1.29, 1.82) is 0 Å². The van der Waals surface area contributed by atoms with Crippen LogP contribution in [0.5, 0.6) is 0 Å². The molecule has 3 aromatic heterocycles. The molecule has 0 aromatic carbocycles. The lowest BCUT2D eigenvalue weighted by Gasteiger charge is -2.20. The van der Waals surface area contributed by atoms with Crippen LogP contribution in [0.1, 0.15) is 23.9 Å². The van der Waals surface area contributed by atoms with E-state index in [1.165, 1.54) is 0 Å². The Hall–Kier alpha value is -2.87. The van der Waals surface area contributed by atoms with Gasteiger partial charge in [-0.15, -0.1) is 0 Å². The van der Waals surface area contributed by atoms with Gasteiger partial charge in [-0.1, -0.05) is 12.1 Å². The second kappa shape index (κ2) is 8.43. The van der Waals surface area contributed by atoms with Gasteiger partial charge in [0.1, 0.15) is 11.4 Å². The predicted octanol–water partition coefficient (Wildman–Crippen LogP) is 2.77. The summed E-state index contributed by atoms with van der Waals surface area (Å²) in [6, 6.07) is 0. The third-order valence-corrected chi connectivity index (χ3v) is 4.61. The zero-order chi connectivity index (χ0) is 20.3. The molecule has 8 heteroatoms. The fourth-order valence-electron chi connectivity index (χ4n) is 2.90. The van der Waals surface area contributed by atoms with E-state index in [4.69, 9.17) is 9.51 Å². The van der Waals surface area contributed by atoms with Crippen LogP contribution in [-0.2, 0) is 6.42 Å². The monoisotopic (exact) mass is 381 g/mol. The molecule has 148 valence electrons. The SMILES string of the molecule is CCc1c(C)noc1-c1cnc(N(C)CCN(C)C)nc1-c1cnc(C)cn1. The highest BCUT2D eigenvalue weighted by molar-refractivity contribution is 5.78. The van der Waals surface area contributed by atoms with Gasteiger partial charge < -0.3 is 14.3 Å². The van der Waals surface area contributed by atoms with Gasteiger partial charge in [0, 0.05) is 38.1 Å². The van der Waals surface area contributed by atoms with Gasteiger partial charge >= 0.3 is 0 Å². The summed E-state index contributed by atoms with van der Waals surface area (Å²) in [5, 5.41) is 4.14. The number of rotatable bonds is 7. The van der Waals surface area contributed by atoms with Crippen LogP contribution >= 0.6 is 0 Å². The molecule has 0 atom stereocenters. The number of likely N-dealkylation sites (N-methyl/N-ethyl adjacent to an activating group) is 2. The van der Waals surface area contributed by atoms with Crippen molar-refractivity contribution in [1.82, 2.24) is 30.0 Å². The molecule has 0 saturated carbocycles. The van der Waals surface area contributed by atoms with Crippen molar-refractivity contribution < 1.29 is 4.52 Å². The fraction of sp³-hybridized carbons (Fsp3) is 0.450. The van der Waals surface area contributed by atoms with Crippen LogP contribution in [0.25, 0.3) is 22.7 Å². The smallest absolute Gasteiger partial charge is 0.225 e. The van der Waals surface area contributed by atoms with Crippen LogP contribution < -0.4 is 4.90 Å². The molecular formula is C20H27N7O. The highest BCUT2D eigenvalue weighted by atomic mass is 16.5. The number of nitrogens with zero attached hydrogens (tertiary/aromatic N) is 7. The van der Waals surface area contributed by atoms with Gasteiger partial charge in [0.15, 0.2) is 5.76 Å². The van der Waals surface area contributed by atoms with E-state index in [0.717, 1.165) is 42.0 Å². The Morgan fingerprint density at radius 1 is 0.964 bits per heavy atom. The molecule has 0 amide bonds. The number of aryl methyl sites for hydroxylation is 2. The van der Waals surface area contributed by atoms with Gasteiger partial charge in [0.05, 0.1) is 23.1 Å². The van der Waals surface area contributed by atoms with Crippen LogP contribution in [-0.4, -0.2) is 64.2 Å². The van der Waals surface area contributed by atoms with Crippen molar-refractivity contribution in [3.8, 4) is 22.7 Å². The van der Waals surface area contributed by atoms with Gasteiger partial charge in [-0.25, -0.2) is 9.97 Å². The summed E-state index contributed by atoms with van der Waals surface area (Å²) >= 11 is 0. The minimum Gasteiger partial charge on any atom is -0.356 e. The third-order valence-electron chi connectivity index (χ3n) is 4.61. The molecule has 0 fully saturated rings. The molecule has 28 heavy (non-hydrogen) atoms. The van der Waals surface area contributed by atoms with Crippen LogP contribution in [0.4, 0.5) is 5.95 Å². The van der Waals surface area contributed by atoms with Crippen LogP contribution in [0.3, 0.4) is 0 Å². The summed E-state index contributed by atoms with van der Waals surface area (Å²) in [6.45, 7) is 7.66. The normalized spacial score (nSPS) is 11.2. The molecule has 3 rings (SSSR count). The first kappa shape index (κ1) is 19.9. The molecule has 0 N–H and O–H groups in total. The van der Waals surface area contributed by atoms with Crippen LogP contribution in [0.15, 0.2) is 23.1 Å². The molecule has 0 bridgehead atoms. The predicted molar refractivity (Wildman–Crippen MR) is 109 cm³/mol. The van der Waals surface area contributed by atoms with Gasteiger partial charge in [-0.05, 0) is 34.4 Å². The summed E-state index contributed by atoms with van der Waals surface area (Å²) < 4.78 is 5.64. The van der Waals surface area contributed by atoms with E-state index in [2.05, 4.69) is 31.9 Å². The summed E-state index contributed by atoms with van der Waals surface area (Å²) in [4.78, 5) is 22.5. The summed E-state index contributed by atoms with van der Waals surface area (Å²) in [5.41, 5.74) is 4.94. The van der Waals surface area contributed by atoms with Gasteiger partial charge in [-0.2, -0.15) is 0 Å². The number of aromatic nitrogens is 5. The maximum absolute atomic E-state index is 5.64. The summed E-state index contributed by atoms with van der Waals surface area (Å²) in [5.74, 6) is 1.33. The Morgan fingerprint density at radius 2 is 1.75 bits per heavy atom. The third kappa shape index (κ3) is 4.17. The maximum Gasteiger partial charge on any atom is 0.225 e. The molecule has 0 aliphatic rings. The van der Waals surface area contributed by atoms with E-state index < -0.39 is 0 Å². The number of hydrogen-bond acceptors (Lipinski definition) is 8. The first-order chi connectivity index (χ1) is 13.4. The Morgan fingerprint density at radius 3 is 2.39 bits per heavy atom. The van der Waals surface area contributed by atoms with E-state index in [0.29, 0.717) is 23.1 Å². The average Bonchev–Trinajstić information content (AvgIpc) is 3.06. The summed E-state index contributed by atoms with van der Waals surface area (Å²) in [7, 11) is 6.08. The van der Waals surface area contributed by atoms with Gasteiger partial charge in [0.25, 0.3) is 0 Å². The minimum absolute atomic E-state index is 0.636. The van der Waals surface area contributed by atoms with Crippen molar-refractivity contribution in [2.45, 2.75) is 27.2 Å². The zero-order valence-corrected chi connectivity index (χ0v) is 17.4. The van der Waals surface area contributed by atoms with E-state index >= 15 is 0 Å². The second-order valence-corrected chi connectivity index (χ2v) is 7.13. The van der Waals surface area contributed by atoms with Crippen molar-refractivity contribution in [2.24, 2.45) is 0 Å². The van der Waals surface area contributed by atoms with Crippen molar-refractivity contribution in [3.63, 3.8) is 0 Å². The molecule has 0 aliphatic heterocycles. The van der Waals surface area contributed by atoms with Gasteiger partial charge in [-0.3, -0.25) is 9.97 Å². The Labute approximate surface area is 165 Å². The largest absolute Gasteiger partial charge is 0.356 e. The van der Waals surface area contributed by atoms with E-state index in [1.54, 1.807) is 18.6 Å². The lowest BCUT2D eigenvalue weighted by molar-refractivity contribution is 0.415. The Kier molecular flexibility index (Phi) is 5.99. The highest BCUT2D eigenvalue weighted by Gasteiger charge is 2.21. The van der Waals surface area contributed by atoms with Crippen molar-refractivity contribution in [2.75, 3.05) is 39.1 Å². The molecule has 0 radical (unpaired) electrons. The Balaban J connectivity index is 2.10. The number of anilines is 1. The first-order valence-corrected chi connectivity index (χ1v) is 9.38. The van der Waals surface area contributed by atoms with Crippen molar-refractivity contribution >= 4 is 5.95 Å². The molecule has 0 aliphatic carbocycles. The zero-order valence-electron chi connectivity index (χ0n) is 17.4. The van der Waals surface area contributed by atoms with Crippen LogP contribution in [0, 0.1) is 13.8 Å². The van der Waals surface area contributed by atoms with E-state index in [9.17, 15) is 0 Å². The standard InChI is InChI=1S/C20H27N7O/c1-7-15-14(3)25-28-19(15)16-11-23-20(27(6)9-8-26(4)5)24-18(16)17-12-21-13(2)10-22-17/h10-12H,7-9H2,1-6H3. The van der Waals surface area contributed by atoms with Crippen molar-refractivity contribution in [3.05, 3.63) is 35.5 Å². The highest BCUT2D eigenvalue weighted by Crippen LogP contribution is 2.33. The molecule has 3 heterocycles. The first-order valence-electron chi connectivity index (χ1n) is 9.38. The molecule has 0 unspecified atom stereocenters. The lowest BCUT2D eigenvalue weighted by Crippen LogP contribution is -2.29. The van der Waals surface area contributed by atoms with E-state index in [1.807, 2.05) is 39.9 Å². The fourth-order valence-corrected chi connectivity index (χ4v) is 2.90. The topological polar surface area (TPSA) is 84.1 Å². The Bertz CT molecular complexity index is 934. The minimum atomic E-state index is 0.636. The van der Waals surface area contributed by atoms with E-state index in [-0.39, 0.29) is 0 Å². The average molecular weight is 381 g/mol. The number of hydrogen-bond donors (Lipinski definition) is 0. The lowest BCUT2D eigenvalue weighted by atomic mass is 10.0.